The molecule has 0 saturated carbocycles. The van der Waals surface area contributed by atoms with Crippen LogP contribution in [0.4, 0.5) is 24.1 Å². The van der Waals surface area contributed by atoms with Crippen LogP contribution in [0, 0.1) is 0 Å². The third-order valence-corrected chi connectivity index (χ3v) is 6.77. The molecule has 0 amide bonds. The van der Waals surface area contributed by atoms with Gasteiger partial charge in [0.05, 0.1) is 16.3 Å². The van der Waals surface area contributed by atoms with Gasteiger partial charge >= 0.3 is 12.1 Å². The summed E-state index contributed by atoms with van der Waals surface area (Å²) >= 11 is 7.00. The Morgan fingerprint density at radius 1 is 1.03 bits per heavy atom. The fraction of sp³-hybridized carbons (Fsp3) is 0.222. The van der Waals surface area contributed by atoms with Gasteiger partial charge in [0.25, 0.3) is 0 Å². The molecular formula is C27H25ClF3N3O2S. The number of halogens is 4. The van der Waals surface area contributed by atoms with Gasteiger partial charge < -0.3 is 10.4 Å². The molecule has 2 aromatic carbocycles. The molecule has 0 atom stereocenters. The van der Waals surface area contributed by atoms with E-state index in [1.54, 1.807) is 6.20 Å². The molecule has 2 heterocycles. The summed E-state index contributed by atoms with van der Waals surface area (Å²) in [5, 5.41) is 12.6. The molecule has 0 fully saturated rings. The molecule has 0 unspecified atom stereocenters. The molecule has 0 aliphatic heterocycles. The minimum absolute atomic E-state index is 0.0459. The lowest BCUT2D eigenvalue weighted by atomic mass is 10.0. The van der Waals surface area contributed by atoms with Gasteiger partial charge in [-0.2, -0.15) is 13.2 Å². The van der Waals surface area contributed by atoms with E-state index < -0.39 is 22.7 Å². The number of hydrogen-bond donors (Lipinski definition) is 2. The summed E-state index contributed by atoms with van der Waals surface area (Å²) in [6, 6.07) is 14.4. The summed E-state index contributed by atoms with van der Waals surface area (Å²) in [6.07, 6.45) is -3.06. The van der Waals surface area contributed by atoms with Crippen molar-refractivity contribution in [2.45, 2.75) is 39.8 Å². The second-order valence-corrected chi connectivity index (χ2v) is 9.43. The van der Waals surface area contributed by atoms with Crippen LogP contribution in [0.1, 0.15) is 54.4 Å². The summed E-state index contributed by atoms with van der Waals surface area (Å²) < 4.78 is 40.2. The number of nitrogens with zero attached hydrogens (tertiary/aromatic N) is 2. The van der Waals surface area contributed by atoms with E-state index >= 15 is 0 Å². The highest BCUT2D eigenvalue weighted by Crippen LogP contribution is 2.41. The number of rotatable bonds is 6. The minimum Gasteiger partial charge on any atom is -0.478 e. The second kappa shape index (κ2) is 11.7. The van der Waals surface area contributed by atoms with Gasteiger partial charge in [-0.25, -0.2) is 14.8 Å². The van der Waals surface area contributed by atoms with Crippen LogP contribution in [-0.4, -0.2) is 21.0 Å². The molecule has 37 heavy (non-hydrogen) atoms. The number of carboxylic acids is 1. The summed E-state index contributed by atoms with van der Waals surface area (Å²) in [4.78, 5) is 21.5. The van der Waals surface area contributed by atoms with Gasteiger partial charge in [-0.05, 0) is 29.7 Å². The SMILES string of the molecule is CC.CC(C)c1sc(Nc2ncc(-c3ccccc3)cc2C(=O)O)nc1-c1ccc(Cl)c(C(F)(F)F)c1. The third-order valence-electron chi connectivity index (χ3n) is 5.17. The number of aromatic carboxylic acids is 1. The van der Waals surface area contributed by atoms with Crippen molar-refractivity contribution in [1.29, 1.82) is 0 Å². The second-order valence-electron chi connectivity index (χ2n) is 8.00. The maximum absolute atomic E-state index is 13.4. The molecule has 0 aliphatic carbocycles. The van der Waals surface area contributed by atoms with E-state index in [9.17, 15) is 23.1 Å². The number of benzene rings is 2. The zero-order valence-corrected chi connectivity index (χ0v) is 22.1. The molecule has 194 valence electrons. The number of hydrogen-bond acceptors (Lipinski definition) is 5. The summed E-state index contributed by atoms with van der Waals surface area (Å²) in [5.74, 6) is -1.14. The Hall–Kier alpha value is -3.43. The zero-order valence-electron chi connectivity index (χ0n) is 20.5. The van der Waals surface area contributed by atoms with Crippen molar-refractivity contribution in [2.24, 2.45) is 0 Å². The van der Waals surface area contributed by atoms with Crippen molar-refractivity contribution in [1.82, 2.24) is 9.97 Å². The number of aromatic nitrogens is 2. The smallest absolute Gasteiger partial charge is 0.417 e. The molecule has 0 aliphatic rings. The maximum Gasteiger partial charge on any atom is 0.417 e. The lowest BCUT2D eigenvalue weighted by molar-refractivity contribution is -0.137. The van der Waals surface area contributed by atoms with E-state index in [0.717, 1.165) is 16.5 Å². The summed E-state index contributed by atoms with van der Waals surface area (Å²) in [7, 11) is 0. The Kier molecular flexibility index (Phi) is 8.94. The van der Waals surface area contributed by atoms with E-state index in [1.807, 2.05) is 58.0 Å². The van der Waals surface area contributed by atoms with E-state index in [-0.39, 0.29) is 22.9 Å². The number of carboxylic acid groups (broad SMARTS) is 1. The third kappa shape index (κ3) is 6.47. The first-order valence-corrected chi connectivity index (χ1v) is 12.7. The number of nitrogens with one attached hydrogen (secondary N) is 1. The molecule has 2 aromatic heterocycles. The Morgan fingerprint density at radius 3 is 2.30 bits per heavy atom. The van der Waals surface area contributed by atoms with Crippen LogP contribution >= 0.6 is 22.9 Å². The molecule has 10 heteroatoms. The molecule has 2 N–H and O–H groups in total. The van der Waals surface area contributed by atoms with E-state index in [0.29, 0.717) is 16.4 Å². The predicted molar refractivity (Wildman–Crippen MR) is 143 cm³/mol. The fourth-order valence-electron chi connectivity index (χ4n) is 3.49. The van der Waals surface area contributed by atoms with E-state index in [1.165, 1.54) is 29.5 Å². The van der Waals surface area contributed by atoms with Gasteiger partial charge in [0, 0.05) is 22.2 Å². The maximum atomic E-state index is 13.4. The zero-order chi connectivity index (χ0) is 27.3. The lowest BCUT2D eigenvalue weighted by Gasteiger charge is -2.11. The highest BCUT2D eigenvalue weighted by Gasteiger charge is 2.34. The number of carbonyl (C=O) groups is 1. The first kappa shape index (κ1) is 28.1. The Morgan fingerprint density at radius 2 is 1.70 bits per heavy atom. The molecule has 0 radical (unpaired) electrons. The lowest BCUT2D eigenvalue weighted by Crippen LogP contribution is -2.06. The monoisotopic (exact) mass is 547 g/mol. The first-order chi connectivity index (χ1) is 17.5. The normalized spacial score (nSPS) is 11.2. The average molecular weight is 548 g/mol. The quantitative estimate of drug-likeness (QED) is 0.252. The van der Waals surface area contributed by atoms with Gasteiger partial charge in [0.1, 0.15) is 11.4 Å². The van der Waals surface area contributed by atoms with Crippen molar-refractivity contribution < 1.29 is 23.1 Å². The van der Waals surface area contributed by atoms with Crippen LogP contribution < -0.4 is 5.32 Å². The number of pyridine rings is 1. The minimum atomic E-state index is -4.61. The molecule has 4 rings (SSSR count). The van der Waals surface area contributed by atoms with E-state index in [2.05, 4.69) is 15.3 Å². The van der Waals surface area contributed by atoms with Crippen LogP contribution in [-0.2, 0) is 6.18 Å². The van der Waals surface area contributed by atoms with Gasteiger partial charge in [0.2, 0.25) is 0 Å². The van der Waals surface area contributed by atoms with Crippen LogP contribution in [0.15, 0.2) is 60.8 Å². The Balaban J connectivity index is 0.00000186. The van der Waals surface area contributed by atoms with Gasteiger partial charge in [-0.3, -0.25) is 0 Å². The van der Waals surface area contributed by atoms with Gasteiger partial charge in [-0.15, -0.1) is 11.3 Å². The highest BCUT2D eigenvalue weighted by atomic mass is 35.5. The van der Waals surface area contributed by atoms with Crippen molar-refractivity contribution in [3.63, 3.8) is 0 Å². The summed E-state index contributed by atoms with van der Waals surface area (Å²) in [5.41, 5.74) is 1.08. The molecule has 0 bridgehead atoms. The molecular weight excluding hydrogens is 523 g/mol. The largest absolute Gasteiger partial charge is 0.478 e. The predicted octanol–water partition coefficient (Wildman–Crippen LogP) is 9.14. The van der Waals surface area contributed by atoms with Crippen LogP contribution in [0.25, 0.3) is 22.4 Å². The molecule has 5 nitrogen and oxygen atoms in total. The topological polar surface area (TPSA) is 75.1 Å². The van der Waals surface area contributed by atoms with Crippen molar-refractivity contribution in [3.05, 3.63) is 81.8 Å². The highest BCUT2D eigenvalue weighted by molar-refractivity contribution is 7.16. The molecule has 0 spiro atoms. The fourth-order valence-corrected chi connectivity index (χ4v) is 4.70. The molecule has 0 saturated heterocycles. The number of alkyl halides is 3. The van der Waals surface area contributed by atoms with Crippen LogP contribution in [0.3, 0.4) is 0 Å². The molecule has 4 aromatic rings. The van der Waals surface area contributed by atoms with Crippen molar-refractivity contribution in [2.75, 3.05) is 5.32 Å². The van der Waals surface area contributed by atoms with Crippen LogP contribution in [0.2, 0.25) is 5.02 Å². The van der Waals surface area contributed by atoms with E-state index in [4.69, 9.17) is 11.6 Å². The van der Waals surface area contributed by atoms with Gasteiger partial charge in [0.15, 0.2) is 5.13 Å². The van der Waals surface area contributed by atoms with Gasteiger partial charge in [-0.1, -0.05) is 75.7 Å². The van der Waals surface area contributed by atoms with Crippen molar-refractivity contribution >= 4 is 39.9 Å². The first-order valence-electron chi connectivity index (χ1n) is 11.5. The van der Waals surface area contributed by atoms with Crippen molar-refractivity contribution in [3.8, 4) is 22.4 Å². The summed E-state index contributed by atoms with van der Waals surface area (Å²) in [6.45, 7) is 7.80. The average Bonchev–Trinajstić information content (AvgIpc) is 3.29. The number of anilines is 2. The number of thiazole rings is 1. The Bertz CT molecular complexity index is 1390. The Labute approximate surface area is 222 Å². The standard InChI is InChI=1S/C25H19ClF3N3O2S.C2H6/c1-13(2)21-20(15-8-9-19(26)18(11-15)25(27,28)29)31-24(35-21)32-22-17(23(33)34)10-16(12-30-22)14-6-4-3-5-7-14;1-2/h3-13H,1-2H3,(H,33,34)(H,30,31,32);1-2H3. The van der Waals surface area contributed by atoms with Crippen LogP contribution in [0.5, 0.6) is 0 Å².